The largest absolute Gasteiger partial charge is 0.204 e. The maximum atomic E-state index is 12.7. The molecule has 2 aliphatic rings. The minimum absolute atomic E-state index is 0.150. The van der Waals surface area contributed by atoms with E-state index in [4.69, 9.17) is 0 Å². The number of rotatable bonds is 1. The molecule has 0 saturated heterocycles. The fourth-order valence-corrected chi connectivity index (χ4v) is 1.63. The summed E-state index contributed by atoms with van der Waals surface area (Å²) in [4.78, 5) is 0. The lowest BCUT2D eigenvalue weighted by atomic mass is 9.94. The van der Waals surface area contributed by atoms with Crippen molar-refractivity contribution in [1.29, 1.82) is 0 Å². The molecule has 0 amide bonds. The minimum Gasteiger partial charge on any atom is -0.204 e. The van der Waals surface area contributed by atoms with Crippen LogP contribution in [0, 0.1) is 11.8 Å². The van der Waals surface area contributed by atoms with Gasteiger partial charge in [-0.05, 0) is 36.8 Å². The summed E-state index contributed by atoms with van der Waals surface area (Å²) in [5.41, 5.74) is 1.17. The maximum absolute atomic E-state index is 12.7. The van der Waals surface area contributed by atoms with E-state index in [0.29, 0.717) is 12.3 Å². The second kappa shape index (κ2) is 2.54. The number of hydrogen-bond donors (Lipinski definition) is 0. The predicted molar refractivity (Wildman–Crippen MR) is 43.7 cm³/mol. The van der Waals surface area contributed by atoms with Crippen LogP contribution in [0.4, 0.5) is 8.78 Å². The highest BCUT2D eigenvalue weighted by Crippen LogP contribution is 2.46. The highest BCUT2D eigenvalue weighted by Gasteiger charge is 2.35. The lowest BCUT2D eigenvalue weighted by molar-refractivity contribution is 0.485. The van der Waals surface area contributed by atoms with Gasteiger partial charge in [0.25, 0.3) is 0 Å². The van der Waals surface area contributed by atoms with Gasteiger partial charge in [0.15, 0.2) is 11.7 Å². The van der Waals surface area contributed by atoms with Crippen LogP contribution in [0.25, 0.3) is 0 Å². The van der Waals surface area contributed by atoms with Gasteiger partial charge < -0.3 is 0 Å². The van der Waals surface area contributed by atoms with Gasteiger partial charge in [-0.2, -0.15) is 0 Å². The first-order valence-electron chi connectivity index (χ1n) is 4.09. The van der Waals surface area contributed by atoms with E-state index in [-0.39, 0.29) is 5.92 Å². The minimum atomic E-state index is -0.711. The number of halogens is 2. The molecule has 2 aliphatic carbocycles. The topological polar surface area (TPSA) is 0 Å². The summed E-state index contributed by atoms with van der Waals surface area (Å²) in [6.45, 7) is 3.80. The molecule has 1 saturated carbocycles. The van der Waals surface area contributed by atoms with Crippen molar-refractivity contribution in [2.45, 2.75) is 12.8 Å². The first-order valence-corrected chi connectivity index (χ1v) is 4.09. The van der Waals surface area contributed by atoms with Crippen LogP contribution in [0.15, 0.2) is 36.0 Å². The maximum Gasteiger partial charge on any atom is 0.154 e. The normalized spacial score (nSPS) is 34.3. The Hall–Kier alpha value is -0.920. The Bertz CT molecular complexity index is 286. The standard InChI is InChI=1S/C10H10F2/c1-6-4-8(6)7-2-3-9(11)10(12)5-7/h3,5,7-8H,1-2,4H2. The van der Waals surface area contributed by atoms with Crippen molar-refractivity contribution < 1.29 is 8.78 Å². The van der Waals surface area contributed by atoms with E-state index >= 15 is 0 Å². The zero-order chi connectivity index (χ0) is 8.72. The molecule has 0 aromatic heterocycles. The quantitative estimate of drug-likeness (QED) is 0.527. The van der Waals surface area contributed by atoms with Crippen LogP contribution in [0.1, 0.15) is 12.8 Å². The van der Waals surface area contributed by atoms with E-state index in [1.807, 2.05) is 0 Å². The third kappa shape index (κ3) is 1.22. The molecule has 12 heavy (non-hydrogen) atoms. The van der Waals surface area contributed by atoms with Crippen LogP contribution in [0.5, 0.6) is 0 Å². The zero-order valence-electron chi connectivity index (χ0n) is 6.69. The SMILES string of the molecule is C=C1CC1C1C=C(F)C(F)=CC1. The number of hydrogen-bond acceptors (Lipinski definition) is 0. The molecule has 0 heterocycles. The van der Waals surface area contributed by atoms with Crippen molar-refractivity contribution in [2.75, 3.05) is 0 Å². The van der Waals surface area contributed by atoms with Crippen molar-refractivity contribution >= 4 is 0 Å². The van der Waals surface area contributed by atoms with Gasteiger partial charge in [0.1, 0.15) is 0 Å². The van der Waals surface area contributed by atoms with Gasteiger partial charge in [0.2, 0.25) is 0 Å². The van der Waals surface area contributed by atoms with E-state index in [2.05, 4.69) is 6.58 Å². The summed E-state index contributed by atoms with van der Waals surface area (Å²) < 4.78 is 25.3. The molecule has 2 atom stereocenters. The molecule has 0 N–H and O–H groups in total. The summed E-state index contributed by atoms with van der Waals surface area (Å²) in [6, 6.07) is 0. The molecule has 64 valence electrons. The van der Waals surface area contributed by atoms with Crippen LogP contribution in [0.3, 0.4) is 0 Å². The summed E-state index contributed by atoms with van der Waals surface area (Å²) >= 11 is 0. The lowest BCUT2D eigenvalue weighted by Gasteiger charge is -2.12. The van der Waals surface area contributed by atoms with Gasteiger partial charge in [-0.15, -0.1) is 0 Å². The molecule has 0 nitrogen and oxygen atoms in total. The second-order valence-electron chi connectivity index (χ2n) is 3.44. The monoisotopic (exact) mass is 168 g/mol. The van der Waals surface area contributed by atoms with Gasteiger partial charge in [-0.1, -0.05) is 12.2 Å². The average molecular weight is 168 g/mol. The molecular formula is C10H10F2. The Labute approximate surface area is 70.3 Å². The van der Waals surface area contributed by atoms with E-state index in [9.17, 15) is 8.78 Å². The summed E-state index contributed by atoms with van der Waals surface area (Å²) in [5, 5.41) is 0. The van der Waals surface area contributed by atoms with Crippen LogP contribution in [-0.2, 0) is 0 Å². The van der Waals surface area contributed by atoms with Crippen LogP contribution in [0.2, 0.25) is 0 Å². The summed E-state index contributed by atoms with van der Waals surface area (Å²) in [6.07, 6.45) is 4.30. The fraction of sp³-hybridized carbons (Fsp3) is 0.400. The molecule has 0 bridgehead atoms. The van der Waals surface area contributed by atoms with E-state index < -0.39 is 11.7 Å². The van der Waals surface area contributed by atoms with Crippen LogP contribution in [-0.4, -0.2) is 0 Å². The van der Waals surface area contributed by atoms with E-state index in [0.717, 1.165) is 6.42 Å². The van der Waals surface area contributed by atoms with Gasteiger partial charge in [-0.25, -0.2) is 8.78 Å². The summed E-state index contributed by atoms with van der Waals surface area (Å²) in [7, 11) is 0. The van der Waals surface area contributed by atoms with Gasteiger partial charge >= 0.3 is 0 Å². The van der Waals surface area contributed by atoms with Gasteiger partial charge in [0, 0.05) is 0 Å². The molecule has 2 rings (SSSR count). The first-order chi connectivity index (χ1) is 5.68. The van der Waals surface area contributed by atoms with Crippen molar-refractivity contribution in [3.63, 3.8) is 0 Å². The Morgan fingerprint density at radius 2 is 2.00 bits per heavy atom. The van der Waals surface area contributed by atoms with Gasteiger partial charge in [-0.3, -0.25) is 0 Å². The van der Waals surface area contributed by atoms with Crippen LogP contribution < -0.4 is 0 Å². The summed E-state index contributed by atoms with van der Waals surface area (Å²) in [5.74, 6) is -0.861. The molecular weight excluding hydrogens is 158 g/mol. The highest BCUT2D eigenvalue weighted by molar-refractivity contribution is 5.30. The van der Waals surface area contributed by atoms with Crippen molar-refractivity contribution in [3.8, 4) is 0 Å². The van der Waals surface area contributed by atoms with Crippen molar-refractivity contribution in [2.24, 2.45) is 11.8 Å². The Morgan fingerprint density at radius 1 is 1.33 bits per heavy atom. The van der Waals surface area contributed by atoms with E-state index in [1.165, 1.54) is 17.7 Å². The fourth-order valence-electron chi connectivity index (χ4n) is 1.63. The predicted octanol–water partition coefficient (Wildman–Crippen LogP) is 3.29. The smallest absolute Gasteiger partial charge is 0.154 e. The number of allylic oxidation sites excluding steroid dienone is 5. The Morgan fingerprint density at radius 3 is 2.50 bits per heavy atom. The van der Waals surface area contributed by atoms with E-state index in [1.54, 1.807) is 0 Å². The average Bonchev–Trinajstić information content (AvgIpc) is 2.73. The molecule has 2 unspecified atom stereocenters. The molecule has 0 aliphatic heterocycles. The molecule has 2 heteroatoms. The molecule has 0 radical (unpaired) electrons. The molecule has 1 fully saturated rings. The molecule has 0 aromatic rings. The van der Waals surface area contributed by atoms with Crippen molar-refractivity contribution in [1.82, 2.24) is 0 Å². The third-order valence-electron chi connectivity index (χ3n) is 2.52. The van der Waals surface area contributed by atoms with Gasteiger partial charge in [0.05, 0.1) is 0 Å². The van der Waals surface area contributed by atoms with Crippen molar-refractivity contribution in [3.05, 3.63) is 36.0 Å². The Balaban J connectivity index is 2.10. The Kier molecular flexibility index (Phi) is 1.63. The van der Waals surface area contributed by atoms with Crippen LogP contribution >= 0.6 is 0 Å². The highest BCUT2D eigenvalue weighted by atomic mass is 19.2. The zero-order valence-corrected chi connectivity index (χ0v) is 6.69. The second-order valence-corrected chi connectivity index (χ2v) is 3.44. The first kappa shape index (κ1) is 7.71. The molecule has 0 aromatic carbocycles. The molecule has 0 spiro atoms. The third-order valence-corrected chi connectivity index (χ3v) is 2.52. The lowest BCUT2D eigenvalue weighted by Crippen LogP contribution is -2.03.